The quantitative estimate of drug-likeness (QED) is 0.634. The molecular formula is C11H9BrN4O3. The van der Waals surface area contributed by atoms with Gasteiger partial charge >= 0.3 is 5.82 Å². The first kappa shape index (κ1) is 13.3. The fraction of sp³-hybridized carbons (Fsp3) is 0.182. The Morgan fingerprint density at radius 3 is 2.89 bits per heavy atom. The molecule has 2 rings (SSSR count). The van der Waals surface area contributed by atoms with E-state index in [9.17, 15) is 10.1 Å². The molecule has 0 spiro atoms. The van der Waals surface area contributed by atoms with Crippen LogP contribution in [0, 0.1) is 10.1 Å². The minimum atomic E-state index is -0.589. The van der Waals surface area contributed by atoms with Crippen molar-refractivity contribution in [3.05, 3.63) is 51.1 Å². The summed E-state index contributed by atoms with van der Waals surface area (Å²) in [4.78, 5) is 21.8. The van der Waals surface area contributed by atoms with Crippen LogP contribution in [0.5, 0.6) is 5.75 Å². The van der Waals surface area contributed by atoms with Crippen LogP contribution in [0.2, 0.25) is 0 Å². The molecule has 0 saturated carbocycles. The van der Waals surface area contributed by atoms with Crippen molar-refractivity contribution < 1.29 is 9.66 Å². The number of hydrogen-bond donors (Lipinski definition) is 0. The van der Waals surface area contributed by atoms with Crippen LogP contribution in [0.3, 0.4) is 0 Å². The van der Waals surface area contributed by atoms with Gasteiger partial charge in [0.15, 0.2) is 6.20 Å². The van der Waals surface area contributed by atoms with Gasteiger partial charge in [0.1, 0.15) is 12.4 Å². The molecule has 0 N–H and O–H groups in total. The van der Waals surface area contributed by atoms with E-state index in [-0.39, 0.29) is 11.6 Å². The fourth-order valence-corrected chi connectivity index (χ4v) is 1.74. The summed E-state index contributed by atoms with van der Waals surface area (Å²) in [5.41, 5.74) is 0.629. The maximum absolute atomic E-state index is 10.9. The van der Waals surface area contributed by atoms with Crippen LogP contribution < -0.4 is 4.74 Å². The van der Waals surface area contributed by atoms with Gasteiger partial charge in [0.2, 0.25) is 5.75 Å². The zero-order valence-electron chi connectivity index (χ0n) is 9.86. The van der Waals surface area contributed by atoms with Crippen molar-refractivity contribution in [2.75, 3.05) is 0 Å². The molecule has 0 aliphatic carbocycles. The van der Waals surface area contributed by atoms with Crippen LogP contribution in [0.15, 0.2) is 35.3 Å². The SMILES string of the molecule is CC(Oc1cc(Br)cnc1[N+](=O)[O-])c1ccncn1. The number of pyridine rings is 1. The molecule has 0 aliphatic rings. The van der Waals surface area contributed by atoms with Crippen molar-refractivity contribution in [1.29, 1.82) is 0 Å². The van der Waals surface area contributed by atoms with E-state index in [1.165, 1.54) is 18.6 Å². The maximum atomic E-state index is 10.9. The Morgan fingerprint density at radius 1 is 1.47 bits per heavy atom. The Morgan fingerprint density at radius 2 is 2.26 bits per heavy atom. The second-order valence-electron chi connectivity index (χ2n) is 3.63. The summed E-state index contributed by atoms with van der Waals surface area (Å²) in [5, 5.41) is 10.9. The normalized spacial score (nSPS) is 11.9. The predicted molar refractivity (Wildman–Crippen MR) is 69.7 cm³/mol. The van der Waals surface area contributed by atoms with Crippen molar-refractivity contribution in [2.24, 2.45) is 0 Å². The number of rotatable bonds is 4. The fourth-order valence-electron chi connectivity index (χ4n) is 1.43. The number of nitro groups is 1. The lowest BCUT2D eigenvalue weighted by Gasteiger charge is -2.13. The average Bonchev–Trinajstić information content (AvgIpc) is 2.39. The molecule has 98 valence electrons. The molecule has 0 fully saturated rings. The van der Waals surface area contributed by atoms with Crippen molar-refractivity contribution in [1.82, 2.24) is 15.0 Å². The third kappa shape index (κ3) is 3.22. The highest BCUT2D eigenvalue weighted by molar-refractivity contribution is 9.10. The highest BCUT2D eigenvalue weighted by atomic mass is 79.9. The summed E-state index contributed by atoms with van der Waals surface area (Å²) < 4.78 is 6.15. The summed E-state index contributed by atoms with van der Waals surface area (Å²) in [5.74, 6) is -0.241. The van der Waals surface area contributed by atoms with Gasteiger partial charge in [-0.05, 0) is 38.8 Å². The second kappa shape index (κ2) is 5.70. The third-order valence-electron chi connectivity index (χ3n) is 2.30. The van der Waals surface area contributed by atoms with E-state index in [2.05, 4.69) is 30.9 Å². The minimum Gasteiger partial charge on any atom is -0.476 e. The lowest BCUT2D eigenvalue weighted by atomic mass is 10.3. The Hall–Kier alpha value is -2.09. The molecule has 1 unspecified atom stereocenters. The first-order valence-electron chi connectivity index (χ1n) is 5.30. The van der Waals surface area contributed by atoms with Crippen molar-refractivity contribution in [2.45, 2.75) is 13.0 Å². The van der Waals surface area contributed by atoms with Gasteiger partial charge in [0.05, 0.1) is 10.2 Å². The van der Waals surface area contributed by atoms with Crippen LogP contribution in [0.25, 0.3) is 0 Å². The average molecular weight is 325 g/mol. The third-order valence-corrected chi connectivity index (χ3v) is 2.73. The molecule has 0 saturated heterocycles. The number of ether oxygens (including phenoxy) is 1. The van der Waals surface area contributed by atoms with Gasteiger partial charge in [-0.2, -0.15) is 0 Å². The monoisotopic (exact) mass is 324 g/mol. The van der Waals surface area contributed by atoms with Crippen molar-refractivity contribution >= 4 is 21.7 Å². The van der Waals surface area contributed by atoms with E-state index >= 15 is 0 Å². The number of halogens is 1. The smallest absolute Gasteiger partial charge is 0.406 e. The van der Waals surface area contributed by atoms with E-state index in [0.29, 0.717) is 10.2 Å². The first-order valence-corrected chi connectivity index (χ1v) is 6.09. The van der Waals surface area contributed by atoms with Crippen LogP contribution in [0.1, 0.15) is 18.7 Å². The molecule has 19 heavy (non-hydrogen) atoms. The molecule has 1 atom stereocenters. The lowest BCUT2D eigenvalue weighted by Crippen LogP contribution is -2.07. The largest absolute Gasteiger partial charge is 0.476 e. The predicted octanol–water partition coefficient (Wildman–Crippen LogP) is 2.68. The summed E-state index contributed by atoms with van der Waals surface area (Å²) in [7, 11) is 0. The van der Waals surface area contributed by atoms with Gasteiger partial charge in [0, 0.05) is 12.3 Å². The van der Waals surface area contributed by atoms with Crippen molar-refractivity contribution in [3.63, 3.8) is 0 Å². The Labute approximate surface area is 117 Å². The van der Waals surface area contributed by atoms with Crippen LogP contribution in [0.4, 0.5) is 5.82 Å². The van der Waals surface area contributed by atoms with Gasteiger partial charge < -0.3 is 14.9 Å². The minimum absolute atomic E-state index is 0.0884. The van der Waals surface area contributed by atoms with Gasteiger partial charge in [-0.1, -0.05) is 0 Å². The molecule has 0 aliphatic heterocycles. The lowest BCUT2D eigenvalue weighted by molar-refractivity contribution is -0.390. The van der Waals surface area contributed by atoms with Gasteiger partial charge in [0.25, 0.3) is 0 Å². The molecule has 0 aromatic carbocycles. The Balaban J connectivity index is 2.28. The molecule has 0 amide bonds. The molecule has 2 aromatic rings. The Kier molecular flexibility index (Phi) is 4.00. The van der Waals surface area contributed by atoms with Crippen LogP contribution in [-0.2, 0) is 0 Å². The molecule has 0 bridgehead atoms. The van der Waals surface area contributed by atoms with E-state index < -0.39 is 11.0 Å². The first-order chi connectivity index (χ1) is 9.08. The number of nitrogens with zero attached hydrogens (tertiary/aromatic N) is 4. The van der Waals surface area contributed by atoms with Gasteiger partial charge in [-0.15, -0.1) is 0 Å². The summed E-state index contributed by atoms with van der Waals surface area (Å²) in [6.45, 7) is 1.74. The summed E-state index contributed by atoms with van der Waals surface area (Å²) in [6.07, 6.45) is 3.87. The van der Waals surface area contributed by atoms with Crippen LogP contribution in [-0.4, -0.2) is 19.9 Å². The molecule has 8 heteroatoms. The molecule has 7 nitrogen and oxygen atoms in total. The van der Waals surface area contributed by atoms with Crippen molar-refractivity contribution in [3.8, 4) is 5.75 Å². The molecule has 0 radical (unpaired) electrons. The Bertz CT molecular complexity index is 594. The highest BCUT2D eigenvalue weighted by Crippen LogP contribution is 2.30. The van der Waals surface area contributed by atoms with Crippen LogP contribution >= 0.6 is 15.9 Å². The second-order valence-corrected chi connectivity index (χ2v) is 4.54. The van der Waals surface area contributed by atoms with Gasteiger partial charge in [-0.25, -0.2) is 9.97 Å². The number of hydrogen-bond acceptors (Lipinski definition) is 6. The van der Waals surface area contributed by atoms with E-state index in [4.69, 9.17) is 4.74 Å². The highest BCUT2D eigenvalue weighted by Gasteiger charge is 2.20. The summed E-state index contributed by atoms with van der Waals surface area (Å²) in [6, 6.07) is 3.19. The van der Waals surface area contributed by atoms with Gasteiger partial charge in [-0.3, -0.25) is 0 Å². The zero-order valence-corrected chi connectivity index (χ0v) is 11.4. The molecule has 2 aromatic heterocycles. The van der Waals surface area contributed by atoms with E-state index in [1.54, 1.807) is 19.2 Å². The zero-order chi connectivity index (χ0) is 13.8. The molecular weight excluding hydrogens is 316 g/mol. The van der Waals surface area contributed by atoms with E-state index in [0.717, 1.165) is 0 Å². The van der Waals surface area contributed by atoms with E-state index in [1.807, 2.05) is 0 Å². The maximum Gasteiger partial charge on any atom is 0.406 e. The number of aromatic nitrogens is 3. The standard InChI is InChI=1S/C11H9BrN4O3/c1-7(9-2-3-13-6-15-9)19-10-4-8(12)5-14-11(10)16(17)18/h2-7H,1H3. The summed E-state index contributed by atoms with van der Waals surface area (Å²) >= 11 is 3.20. The molecule has 2 heterocycles. The topological polar surface area (TPSA) is 91.0 Å².